The summed E-state index contributed by atoms with van der Waals surface area (Å²) in [4.78, 5) is 11.4. The number of Topliss-reactive ketones (excluding diaryl/α,β-unsaturated/α-hetero) is 1. The van der Waals surface area contributed by atoms with Gasteiger partial charge in [-0.3, -0.25) is 4.79 Å². The zero-order valence-corrected chi connectivity index (χ0v) is 8.76. The molecule has 0 aliphatic rings. The average Bonchev–Trinajstić information content (AvgIpc) is 2.27. The standard InChI is InChI=1S/C11H10F4O2/c12-8-2-1-7(5-9(8)13)10(16)3-4-17-6-11(14)15/h1-2,5,11H,3-4,6H2. The van der Waals surface area contributed by atoms with Gasteiger partial charge in [0, 0.05) is 12.0 Å². The molecule has 0 saturated carbocycles. The minimum atomic E-state index is -2.59. The SMILES string of the molecule is O=C(CCOCC(F)F)c1ccc(F)c(F)c1. The highest BCUT2D eigenvalue weighted by Gasteiger charge is 2.10. The van der Waals surface area contributed by atoms with Crippen LogP contribution in [0.2, 0.25) is 0 Å². The van der Waals surface area contributed by atoms with Gasteiger partial charge < -0.3 is 4.74 Å². The maximum atomic E-state index is 12.8. The Bertz CT molecular complexity index is 393. The summed E-state index contributed by atoms with van der Waals surface area (Å²) in [6, 6.07) is 2.74. The monoisotopic (exact) mass is 250 g/mol. The first-order valence-electron chi connectivity index (χ1n) is 4.85. The molecule has 0 unspecified atom stereocenters. The Hall–Kier alpha value is -1.43. The van der Waals surface area contributed by atoms with Gasteiger partial charge in [0.05, 0.1) is 6.61 Å². The molecule has 0 saturated heterocycles. The summed E-state index contributed by atoms with van der Waals surface area (Å²) < 4.78 is 53.2. The third-order valence-corrected chi connectivity index (χ3v) is 1.96. The van der Waals surface area contributed by atoms with Crippen molar-refractivity contribution < 1.29 is 27.1 Å². The molecule has 0 aliphatic carbocycles. The first-order valence-corrected chi connectivity index (χ1v) is 4.85. The number of rotatable bonds is 6. The summed E-state index contributed by atoms with van der Waals surface area (Å²) in [5.41, 5.74) is -0.00968. The lowest BCUT2D eigenvalue weighted by atomic mass is 10.1. The average molecular weight is 250 g/mol. The number of hydrogen-bond donors (Lipinski definition) is 0. The van der Waals surface area contributed by atoms with Gasteiger partial charge in [0.1, 0.15) is 6.61 Å². The summed E-state index contributed by atoms with van der Waals surface area (Å²) in [5.74, 6) is -2.65. The molecule has 94 valence electrons. The molecular formula is C11H10F4O2. The topological polar surface area (TPSA) is 26.3 Å². The van der Waals surface area contributed by atoms with Crippen molar-refractivity contribution >= 4 is 5.78 Å². The van der Waals surface area contributed by atoms with Gasteiger partial charge in [-0.15, -0.1) is 0 Å². The Kier molecular flexibility index (Phi) is 5.09. The van der Waals surface area contributed by atoms with E-state index in [0.29, 0.717) is 0 Å². The normalized spacial score (nSPS) is 10.9. The minimum absolute atomic E-state index is 0.00968. The molecule has 6 heteroatoms. The summed E-state index contributed by atoms with van der Waals surface area (Å²) in [6.07, 6.45) is -2.74. The molecule has 0 heterocycles. The quantitative estimate of drug-likeness (QED) is 0.441. The van der Waals surface area contributed by atoms with E-state index in [9.17, 15) is 22.4 Å². The summed E-state index contributed by atoms with van der Waals surface area (Å²) in [7, 11) is 0. The van der Waals surface area contributed by atoms with Crippen LogP contribution in [0.15, 0.2) is 18.2 Å². The van der Waals surface area contributed by atoms with Crippen molar-refractivity contribution in [3.8, 4) is 0 Å². The van der Waals surface area contributed by atoms with Crippen molar-refractivity contribution in [2.24, 2.45) is 0 Å². The number of halogens is 4. The number of carbonyl (C=O) groups is 1. The molecule has 0 atom stereocenters. The minimum Gasteiger partial charge on any atom is -0.375 e. The van der Waals surface area contributed by atoms with Crippen LogP contribution in [-0.4, -0.2) is 25.4 Å². The van der Waals surface area contributed by atoms with Crippen LogP contribution < -0.4 is 0 Å². The first-order chi connectivity index (χ1) is 8.00. The number of alkyl halides is 2. The molecule has 0 amide bonds. The predicted octanol–water partition coefficient (Wildman–Crippen LogP) is 2.82. The predicted molar refractivity (Wildman–Crippen MR) is 52.1 cm³/mol. The largest absolute Gasteiger partial charge is 0.375 e. The van der Waals surface area contributed by atoms with Crippen molar-refractivity contribution in [1.29, 1.82) is 0 Å². The number of carbonyl (C=O) groups excluding carboxylic acids is 1. The lowest BCUT2D eigenvalue weighted by molar-refractivity contribution is 0.0170. The van der Waals surface area contributed by atoms with Crippen LogP contribution in [-0.2, 0) is 4.74 Å². The fourth-order valence-corrected chi connectivity index (χ4v) is 1.15. The van der Waals surface area contributed by atoms with Crippen LogP contribution in [0.3, 0.4) is 0 Å². The molecule has 0 bridgehead atoms. The second-order valence-corrected chi connectivity index (χ2v) is 3.27. The van der Waals surface area contributed by atoms with Gasteiger partial charge in [-0.05, 0) is 18.2 Å². The summed E-state index contributed by atoms with van der Waals surface area (Å²) >= 11 is 0. The fraction of sp³-hybridized carbons (Fsp3) is 0.364. The summed E-state index contributed by atoms with van der Waals surface area (Å²) in [6.45, 7) is -0.923. The molecule has 0 spiro atoms. The van der Waals surface area contributed by atoms with Crippen molar-refractivity contribution in [2.75, 3.05) is 13.2 Å². The molecule has 0 radical (unpaired) electrons. The van der Waals surface area contributed by atoms with Gasteiger partial charge in [0.25, 0.3) is 6.43 Å². The van der Waals surface area contributed by atoms with Crippen LogP contribution >= 0.6 is 0 Å². The molecule has 0 fully saturated rings. The van der Waals surface area contributed by atoms with Crippen LogP contribution in [0.5, 0.6) is 0 Å². The van der Waals surface area contributed by atoms with E-state index in [-0.39, 0.29) is 18.6 Å². The van der Waals surface area contributed by atoms with E-state index in [4.69, 9.17) is 0 Å². The van der Waals surface area contributed by atoms with E-state index >= 15 is 0 Å². The molecule has 0 N–H and O–H groups in total. The number of benzene rings is 1. The van der Waals surface area contributed by atoms with Crippen molar-refractivity contribution in [1.82, 2.24) is 0 Å². The highest BCUT2D eigenvalue weighted by molar-refractivity contribution is 5.96. The number of ketones is 1. The Morgan fingerprint density at radius 3 is 2.53 bits per heavy atom. The second-order valence-electron chi connectivity index (χ2n) is 3.27. The van der Waals surface area contributed by atoms with E-state index < -0.39 is 30.5 Å². The molecule has 1 rings (SSSR count). The van der Waals surface area contributed by atoms with Crippen LogP contribution in [0.1, 0.15) is 16.8 Å². The van der Waals surface area contributed by atoms with Gasteiger partial charge in [0.15, 0.2) is 17.4 Å². The van der Waals surface area contributed by atoms with Gasteiger partial charge in [0.2, 0.25) is 0 Å². The van der Waals surface area contributed by atoms with Gasteiger partial charge in [-0.25, -0.2) is 17.6 Å². The molecule has 1 aromatic rings. The Morgan fingerprint density at radius 1 is 1.24 bits per heavy atom. The molecule has 2 nitrogen and oxygen atoms in total. The fourth-order valence-electron chi connectivity index (χ4n) is 1.15. The van der Waals surface area contributed by atoms with E-state index in [1.54, 1.807) is 0 Å². The Morgan fingerprint density at radius 2 is 1.94 bits per heavy atom. The third-order valence-electron chi connectivity index (χ3n) is 1.96. The Balaban J connectivity index is 2.44. The van der Waals surface area contributed by atoms with Gasteiger partial charge in [-0.1, -0.05) is 0 Å². The van der Waals surface area contributed by atoms with Crippen molar-refractivity contribution in [3.05, 3.63) is 35.4 Å². The van der Waals surface area contributed by atoms with E-state index in [0.717, 1.165) is 18.2 Å². The molecule has 17 heavy (non-hydrogen) atoms. The smallest absolute Gasteiger partial charge is 0.261 e. The highest BCUT2D eigenvalue weighted by atomic mass is 19.3. The zero-order valence-electron chi connectivity index (χ0n) is 8.76. The molecule has 0 aliphatic heterocycles. The van der Waals surface area contributed by atoms with E-state index in [1.165, 1.54) is 0 Å². The lowest BCUT2D eigenvalue weighted by Crippen LogP contribution is -2.09. The third kappa shape index (κ3) is 4.52. The van der Waals surface area contributed by atoms with Crippen LogP contribution in [0.25, 0.3) is 0 Å². The lowest BCUT2D eigenvalue weighted by Gasteiger charge is -2.03. The highest BCUT2D eigenvalue weighted by Crippen LogP contribution is 2.10. The van der Waals surface area contributed by atoms with Crippen LogP contribution in [0, 0.1) is 11.6 Å². The van der Waals surface area contributed by atoms with Crippen molar-refractivity contribution in [2.45, 2.75) is 12.8 Å². The van der Waals surface area contributed by atoms with Gasteiger partial charge in [-0.2, -0.15) is 0 Å². The Labute approximate surface area is 95.2 Å². The van der Waals surface area contributed by atoms with Gasteiger partial charge >= 0.3 is 0 Å². The van der Waals surface area contributed by atoms with E-state index in [1.807, 2.05) is 0 Å². The van der Waals surface area contributed by atoms with E-state index in [2.05, 4.69) is 4.74 Å². The first kappa shape index (κ1) is 13.6. The maximum absolute atomic E-state index is 12.8. The van der Waals surface area contributed by atoms with Crippen LogP contribution in [0.4, 0.5) is 17.6 Å². The van der Waals surface area contributed by atoms with Crippen molar-refractivity contribution in [3.63, 3.8) is 0 Å². The molecule has 0 aromatic heterocycles. The zero-order chi connectivity index (χ0) is 12.8. The second kappa shape index (κ2) is 6.34. The number of hydrogen-bond acceptors (Lipinski definition) is 2. The number of ether oxygens (including phenoxy) is 1. The summed E-state index contributed by atoms with van der Waals surface area (Å²) in [5, 5.41) is 0. The maximum Gasteiger partial charge on any atom is 0.261 e. The molecular weight excluding hydrogens is 240 g/mol. The molecule has 1 aromatic carbocycles.